The van der Waals surface area contributed by atoms with Crippen LogP contribution >= 0.6 is 0 Å². The van der Waals surface area contributed by atoms with E-state index >= 15 is 0 Å². The zero-order valence-electron chi connectivity index (χ0n) is 28.1. The number of aromatic nitrogens is 5. The molecule has 52 heavy (non-hydrogen) atoms. The summed E-state index contributed by atoms with van der Waals surface area (Å²) in [6.45, 7) is 0. The predicted molar refractivity (Wildman–Crippen MR) is 213 cm³/mol. The Morgan fingerprint density at radius 2 is 0.904 bits per heavy atom. The van der Waals surface area contributed by atoms with Gasteiger partial charge in [-0.2, -0.15) is 0 Å². The molecule has 0 radical (unpaired) electrons. The lowest BCUT2D eigenvalue weighted by Gasteiger charge is -2.13. The van der Waals surface area contributed by atoms with Crippen molar-refractivity contribution in [2.75, 3.05) is 0 Å². The minimum atomic E-state index is 0.625. The molecule has 5 heteroatoms. The van der Waals surface area contributed by atoms with E-state index in [2.05, 4.69) is 137 Å². The van der Waals surface area contributed by atoms with E-state index in [4.69, 9.17) is 15.0 Å². The second kappa shape index (κ2) is 12.3. The largest absolute Gasteiger partial charge is 0.315 e. The van der Waals surface area contributed by atoms with E-state index in [9.17, 15) is 0 Å². The molecule has 5 nitrogen and oxygen atoms in total. The van der Waals surface area contributed by atoms with Crippen LogP contribution in [0.5, 0.6) is 0 Å². The molecule has 0 unspecified atom stereocenters. The van der Waals surface area contributed by atoms with Crippen LogP contribution < -0.4 is 0 Å². The average Bonchev–Trinajstić information content (AvgIpc) is 3.81. The highest BCUT2D eigenvalue weighted by molar-refractivity contribution is 6.18. The molecule has 0 aliphatic carbocycles. The summed E-state index contributed by atoms with van der Waals surface area (Å²) >= 11 is 0. The summed E-state index contributed by atoms with van der Waals surface area (Å²) in [6, 6.07) is 63.5. The van der Waals surface area contributed by atoms with Gasteiger partial charge < -0.3 is 9.13 Å². The Kier molecular flexibility index (Phi) is 7.07. The number of hydrogen-bond donors (Lipinski definition) is 0. The third kappa shape index (κ3) is 5.07. The molecule has 0 fully saturated rings. The van der Waals surface area contributed by atoms with Crippen LogP contribution in [0.15, 0.2) is 188 Å². The Hall–Kier alpha value is -7.11. The molecule has 0 spiro atoms. The zero-order valence-corrected chi connectivity index (χ0v) is 28.1. The van der Waals surface area contributed by atoms with Crippen molar-refractivity contribution in [2.45, 2.75) is 0 Å². The molecule has 0 bridgehead atoms. The number of rotatable bonds is 6. The molecule has 10 rings (SSSR count). The van der Waals surface area contributed by atoms with Gasteiger partial charge in [-0.3, -0.25) is 0 Å². The van der Waals surface area contributed by atoms with E-state index in [1.165, 1.54) is 27.3 Å². The Morgan fingerprint density at radius 1 is 0.346 bits per heavy atom. The van der Waals surface area contributed by atoms with Crippen LogP contribution in [-0.4, -0.2) is 24.1 Å². The van der Waals surface area contributed by atoms with E-state index in [0.717, 1.165) is 44.6 Å². The van der Waals surface area contributed by atoms with Crippen LogP contribution in [0.2, 0.25) is 0 Å². The standard InChI is InChI=1S/C47H31N5/c1-5-14-32(15-6-1)36-25-27-42-41(31-36)40-26-24-33-28-29-51(38-21-11-4-12-22-38)43(33)44(40)52(42)39-23-13-20-37(30-39)47-49-45(34-16-7-2-8-17-34)48-46(50-47)35-18-9-3-10-19-35/h1-31H. The van der Waals surface area contributed by atoms with E-state index < -0.39 is 0 Å². The van der Waals surface area contributed by atoms with Gasteiger partial charge in [0.25, 0.3) is 0 Å². The minimum Gasteiger partial charge on any atom is -0.315 e. The van der Waals surface area contributed by atoms with Gasteiger partial charge in [0.2, 0.25) is 0 Å². The topological polar surface area (TPSA) is 48.5 Å². The molecule has 0 saturated carbocycles. The van der Waals surface area contributed by atoms with E-state index in [1.807, 2.05) is 60.7 Å². The summed E-state index contributed by atoms with van der Waals surface area (Å²) in [7, 11) is 0. The molecule has 244 valence electrons. The Bertz CT molecular complexity index is 2820. The van der Waals surface area contributed by atoms with Gasteiger partial charge in [-0.15, -0.1) is 0 Å². The van der Waals surface area contributed by atoms with Gasteiger partial charge in [-0.1, -0.05) is 140 Å². The van der Waals surface area contributed by atoms with Crippen LogP contribution in [0.3, 0.4) is 0 Å². The Labute approximate surface area is 300 Å². The zero-order chi connectivity index (χ0) is 34.4. The first-order valence-corrected chi connectivity index (χ1v) is 17.5. The van der Waals surface area contributed by atoms with Crippen molar-refractivity contribution in [3.63, 3.8) is 0 Å². The molecule has 0 saturated heterocycles. The third-order valence-corrected chi connectivity index (χ3v) is 9.78. The summed E-state index contributed by atoms with van der Waals surface area (Å²) in [5, 5.41) is 3.57. The van der Waals surface area contributed by atoms with Crippen molar-refractivity contribution in [3.05, 3.63) is 188 Å². The smallest absolute Gasteiger partial charge is 0.164 e. The van der Waals surface area contributed by atoms with Gasteiger partial charge in [-0.05, 0) is 53.6 Å². The molecule has 3 aromatic heterocycles. The van der Waals surface area contributed by atoms with Crippen molar-refractivity contribution in [2.24, 2.45) is 0 Å². The maximum atomic E-state index is 5.05. The molecule has 0 N–H and O–H groups in total. The maximum Gasteiger partial charge on any atom is 0.164 e. The molecule has 7 aromatic carbocycles. The number of nitrogens with zero attached hydrogens (tertiary/aromatic N) is 5. The number of hydrogen-bond acceptors (Lipinski definition) is 3. The second-order valence-electron chi connectivity index (χ2n) is 12.9. The van der Waals surface area contributed by atoms with Gasteiger partial charge in [0.05, 0.1) is 16.6 Å². The van der Waals surface area contributed by atoms with Gasteiger partial charge >= 0.3 is 0 Å². The second-order valence-corrected chi connectivity index (χ2v) is 12.9. The van der Waals surface area contributed by atoms with Crippen molar-refractivity contribution in [1.29, 1.82) is 0 Å². The van der Waals surface area contributed by atoms with Crippen molar-refractivity contribution in [1.82, 2.24) is 24.1 Å². The lowest BCUT2D eigenvalue weighted by Crippen LogP contribution is -2.01. The Balaban J connectivity index is 1.24. The highest BCUT2D eigenvalue weighted by Gasteiger charge is 2.20. The predicted octanol–water partition coefficient (Wildman–Crippen LogP) is 11.6. The first-order chi connectivity index (χ1) is 25.8. The summed E-state index contributed by atoms with van der Waals surface area (Å²) in [5.74, 6) is 1.91. The van der Waals surface area contributed by atoms with Gasteiger partial charge in [-0.25, -0.2) is 15.0 Å². The molecule has 0 aliphatic rings. The summed E-state index contributed by atoms with van der Waals surface area (Å²) in [4.78, 5) is 15.0. The average molecular weight is 666 g/mol. The Morgan fingerprint density at radius 3 is 1.56 bits per heavy atom. The summed E-state index contributed by atoms with van der Waals surface area (Å²) in [5.41, 5.74) is 10.8. The first-order valence-electron chi connectivity index (χ1n) is 17.5. The molecule has 10 aromatic rings. The highest BCUT2D eigenvalue weighted by Crippen LogP contribution is 2.40. The quantitative estimate of drug-likeness (QED) is 0.178. The molecule has 0 aliphatic heterocycles. The van der Waals surface area contributed by atoms with Crippen molar-refractivity contribution >= 4 is 32.7 Å². The van der Waals surface area contributed by atoms with Crippen LogP contribution in [0, 0.1) is 0 Å². The fraction of sp³-hybridized carbons (Fsp3) is 0. The van der Waals surface area contributed by atoms with Crippen molar-refractivity contribution in [3.8, 4) is 56.7 Å². The lowest BCUT2D eigenvalue weighted by molar-refractivity contribution is 1.07. The molecule has 0 atom stereocenters. The van der Waals surface area contributed by atoms with Crippen molar-refractivity contribution < 1.29 is 0 Å². The fourth-order valence-electron chi connectivity index (χ4n) is 7.33. The minimum absolute atomic E-state index is 0.625. The van der Waals surface area contributed by atoms with Gasteiger partial charge in [0.1, 0.15) is 0 Å². The van der Waals surface area contributed by atoms with Crippen LogP contribution in [-0.2, 0) is 0 Å². The van der Waals surface area contributed by atoms with E-state index in [1.54, 1.807) is 0 Å². The normalized spacial score (nSPS) is 11.5. The molecule has 0 amide bonds. The SMILES string of the molecule is c1ccc(-c2ccc3c(c2)c2ccc4ccn(-c5ccccc5)c4c2n3-c2cccc(-c3nc(-c4ccccc4)nc(-c4ccccc4)n3)c2)cc1. The van der Waals surface area contributed by atoms with E-state index in [0.29, 0.717) is 17.5 Å². The van der Waals surface area contributed by atoms with E-state index in [-0.39, 0.29) is 0 Å². The maximum absolute atomic E-state index is 5.05. The summed E-state index contributed by atoms with van der Waals surface area (Å²) < 4.78 is 4.71. The molecular formula is C47H31N5. The number of benzene rings is 7. The monoisotopic (exact) mass is 665 g/mol. The number of para-hydroxylation sites is 1. The van der Waals surface area contributed by atoms with Gasteiger partial charge in [0.15, 0.2) is 17.5 Å². The third-order valence-electron chi connectivity index (χ3n) is 9.78. The van der Waals surface area contributed by atoms with Crippen LogP contribution in [0.1, 0.15) is 0 Å². The molecule has 3 heterocycles. The van der Waals surface area contributed by atoms with Crippen LogP contribution in [0.4, 0.5) is 0 Å². The van der Waals surface area contributed by atoms with Gasteiger partial charge in [0, 0.05) is 50.4 Å². The fourth-order valence-corrected chi connectivity index (χ4v) is 7.33. The summed E-state index contributed by atoms with van der Waals surface area (Å²) in [6.07, 6.45) is 2.17. The highest BCUT2D eigenvalue weighted by atomic mass is 15.0. The molecular weight excluding hydrogens is 635 g/mol. The first kappa shape index (κ1) is 29.8. The lowest BCUT2D eigenvalue weighted by atomic mass is 10.0. The number of fused-ring (bicyclic) bond motifs is 5. The van der Waals surface area contributed by atoms with Crippen LogP contribution in [0.25, 0.3) is 89.4 Å².